The van der Waals surface area contributed by atoms with Crippen LogP contribution in [-0.2, 0) is 4.79 Å². The minimum atomic E-state index is 0.104. The Bertz CT molecular complexity index is 798. The Balaban J connectivity index is 1.43. The van der Waals surface area contributed by atoms with Crippen LogP contribution in [0.5, 0.6) is 0 Å². The van der Waals surface area contributed by atoms with E-state index in [1.54, 1.807) is 6.08 Å². The van der Waals surface area contributed by atoms with Crippen LogP contribution in [-0.4, -0.2) is 48.4 Å². The van der Waals surface area contributed by atoms with E-state index in [4.69, 9.17) is 0 Å². The van der Waals surface area contributed by atoms with Crippen LogP contribution in [0.2, 0.25) is 0 Å². The van der Waals surface area contributed by atoms with Crippen LogP contribution < -0.4 is 0 Å². The largest absolute Gasteiger partial charge is 0.337 e. The van der Waals surface area contributed by atoms with Gasteiger partial charge in [0.25, 0.3) is 0 Å². The van der Waals surface area contributed by atoms with E-state index in [0.29, 0.717) is 5.92 Å². The molecule has 3 rings (SSSR count). The highest BCUT2D eigenvalue weighted by Gasteiger charge is 2.18. The third-order valence-electron chi connectivity index (χ3n) is 5.18. The lowest BCUT2D eigenvalue weighted by Gasteiger charge is -2.33. The molecule has 1 heterocycles. The minimum absolute atomic E-state index is 0.104. The summed E-state index contributed by atoms with van der Waals surface area (Å²) in [6, 6.07) is 18.8. The lowest BCUT2D eigenvalue weighted by atomic mass is 10.0. The normalized spacial score (nSPS) is 15.8. The number of nitrogens with zero attached hydrogens (tertiary/aromatic N) is 2. The second kappa shape index (κ2) is 10.0. The van der Waals surface area contributed by atoms with Crippen molar-refractivity contribution in [2.45, 2.75) is 19.8 Å². The molecule has 0 spiro atoms. The summed E-state index contributed by atoms with van der Waals surface area (Å²) in [7, 11) is 0. The zero-order valence-electron chi connectivity index (χ0n) is 16.9. The van der Waals surface area contributed by atoms with Crippen LogP contribution in [0.25, 0.3) is 12.2 Å². The van der Waals surface area contributed by atoms with Crippen LogP contribution in [0.4, 0.5) is 0 Å². The first-order chi connectivity index (χ1) is 13.6. The Hall–Kier alpha value is -2.65. The molecule has 3 nitrogen and oxygen atoms in total. The van der Waals surface area contributed by atoms with Crippen LogP contribution >= 0.6 is 0 Å². The summed E-state index contributed by atoms with van der Waals surface area (Å²) in [6.45, 7) is 8.71. The zero-order valence-corrected chi connectivity index (χ0v) is 16.9. The number of hydrogen-bond donors (Lipinski definition) is 0. The highest BCUT2D eigenvalue weighted by molar-refractivity contribution is 5.91. The van der Waals surface area contributed by atoms with Crippen LogP contribution in [0.15, 0.2) is 66.7 Å². The van der Waals surface area contributed by atoms with E-state index < -0.39 is 0 Å². The topological polar surface area (TPSA) is 23.6 Å². The standard InChI is InChI=1S/C25H30N2O/c1-21(2)24-13-10-23(11-14-24)12-15-25(28)27-19-17-26(18-20-27)16-6-9-22-7-4-3-5-8-22/h3-15,21H,16-20H2,1-2H3/b9-6+,15-12+. The Labute approximate surface area is 169 Å². The second-order valence-electron chi connectivity index (χ2n) is 7.59. The fourth-order valence-corrected chi connectivity index (χ4v) is 3.32. The first-order valence-corrected chi connectivity index (χ1v) is 10.1. The molecule has 1 aliphatic heterocycles. The molecule has 2 aromatic rings. The quantitative estimate of drug-likeness (QED) is 0.686. The summed E-state index contributed by atoms with van der Waals surface area (Å²) in [5.41, 5.74) is 3.62. The van der Waals surface area contributed by atoms with Crippen LogP contribution in [0.1, 0.15) is 36.5 Å². The third kappa shape index (κ3) is 5.93. The van der Waals surface area contributed by atoms with Crippen LogP contribution in [0, 0.1) is 0 Å². The summed E-state index contributed by atoms with van der Waals surface area (Å²) in [5.74, 6) is 0.630. The van der Waals surface area contributed by atoms with Gasteiger partial charge in [0.05, 0.1) is 0 Å². The molecule has 1 amide bonds. The zero-order chi connectivity index (χ0) is 19.8. The molecule has 0 aromatic heterocycles. The molecule has 28 heavy (non-hydrogen) atoms. The summed E-state index contributed by atoms with van der Waals surface area (Å²) in [5, 5.41) is 0. The molecule has 2 aromatic carbocycles. The van der Waals surface area contributed by atoms with Gasteiger partial charge in [-0.25, -0.2) is 0 Å². The number of rotatable bonds is 6. The van der Waals surface area contributed by atoms with Gasteiger partial charge >= 0.3 is 0 Å². The molecular formula is C25H30N2O. The van der Waals surface area contributed by atoms with Gasteiger partial charge in [-0.15, -0.1) is 0 Å². The van der Waals surface area contributed by atoms with Gasteiger partial charge in [-0.05, 0) is 28.7 Å². The van der Waals surface area contributed by atoms with Crippen molar-refractivity contribution in [2.75, 3.05) is 32.7 Å². The maximum Gasteiger partial charge on any atom is 0.246 e. The van der Waals surface area contributed by atoms with Gasteiger partial charge in [0.1, 0.15) is 0 Å². The average molecular weight is 375 g/mol. The van der Waals surface area contributed by atoms with Crippen molar-refractivity contribution < 1.29 is 4.79 Å². The first-order valence-electron chi connectivity index (χ1n) is 10.1. The Kier molecular flexibility index (Phi) is 7.21. The highest BCUT2D eigenvalue weighted by atomic mass is 16.2. The molecular weight excluding hydrogens is 344 g/mol. The average Bonchev–Trinajstić information content (AvgIpc) is 2.73. The van der Waals surface area contributed by atoms with Crippen molar-refractivity contribution in [3.63, 3.8) is 0 Å². The van der Waals surface area contributed by atoms with Crippen molar-refractivity contribution >= 4 is 18.1 Å². The van der Waals surface area contributed by atoms with Crippen molar-refractivity contribution in [2.24, 2.45) is 0 Å². The van der Waals surface area contributed by atoms with E-state index in [2.05, 4.69) is 79.4 Å². The summed E-state index contributed by atoms with van der Waals surface area (Å²) < 4.78 is 0. The number of hydrogen-bond acceptors (Lipinski definition) is 2. The molecule has 0 bridgehead atoms. The van der Waals surface area contributed by atoms with Gasteiger partial charge < -0.3 is 4.90 Å². The molecule has 0 atom stereocenters. The van der Waals surface area contributed by atoms with Gasteiger partial charge in [-0.3, -0.25) is 9.69 Å². The molecule has 0 unspecified atom stereocenters. The van der Waals surface area contributed by atoms with E-state index in [1.165, 1.54) is 11.1 Å². The fraction of sp³-hybridized carbons (Fsp3) is 0.320. The first kappa shape index (κ1) is 20.1. The number of piperazine rings is 1. The Morgan fingerprint density at radius 2 is 1.54 bits per heavy atom. The molecule has 0 aliphatic carbocycles. The predicted octanol–water partition coefficient (Wildman–Crippen LogP) is 4.68. The van der Waals surface area contributed by atoms with Gasteiger partial charge in [-0.2, -0.15) is 0 Å². The van der Waals surface area contributed by atoms with E-state index >= 15 is 0 Å². The minimum Gasteiger partial charge on any atom is -0.337 e. The summed E-state index contributed by atoms with van der Waals surface area (Å²) >= 11 is 0. The third-order valence-corrected chi connectivity index (χ3v) is 5.18. The molecule has 0 N–H and O–H groups in total. The Morgan fingerprint density at radius 3 is 2.18 bits per heavy atom. The number of amides is 1. The molecule has 3 heteroatoms. The summed E-state index contributed by atoms with van der Waals surface area (Å²) in [4.78, 5) is 16.8. The number of carbonyl (C=O) groups excluding carboxylic acids is 1. The fourth-order valence-electron chi connectivity index (χ4n) is 3.32. The van der Waals surface area contributed by atoms with Crippen LogP contribution in [0.3, 0.4) is 0 Å². The molecule has 0 saturated carbocycles. The van der Waals surface area contributed by atoms with Gasteiger partial charge in [0, 0.05) is 38.8 Å². The maximum absolute atomic E-state index is 12.5. The smallest absolute Gasteiger partial charge is 0.246 e. The van der Waals surface area contributed by atoms with Crippen molar-refractivity contribution in [3.05, 3.63) is 83.4 Å². The number of carbonyl (C=O) groups is 1. The van der Waals surface area contributed by atoms with Gasteiger partial charge in [0.15, 0.2) is 0 Å². The maximum atomic E-state index is 12.5. The highest BCUT2D eigenvalue weighted by Crippen LogP contribution is 2.15. The van der Waals surface area contributed by atoms with E-state index in [9.17, 15) is 4.79 Å². The van der Waals surface area contributed by atoms with E-state index in [1.807, 2.05) is 17.0 Å². The second-order valence-corrected chi connectivity index (χ2v) is 7.59. The lowest BCUT2D eigenvalue weighted by molar-refractivity contribution is -0.127. The lowest BCUT2D eigenvalue weighted by Crippen LogP contribution is -2.48. The molecule has 1 saturated heterocycles. The molecule has 146 valence electrons. The molecule has 1 aliphatic rings. The van der Waals surface area contributed by atoms with E-state index in [-0.39, 0.29) is 5.91 Å². The van der Waals surface area contributed by atoms with E-state index in [0.717, 1.165) is 38.3 Å². The number of benzene rings is 2. The predicted molar refractivity (Wildman–Crippen MR) is 118 cm³/mol. The Morgan fingerprint density at radius 1 is 0.893 bits per heavy atom. The summed E-state index contributed by atoms with van der Waals surface area (Å²) in [6.07, 6.45) is 7.98. The van der Waals surface area contributed by atoms with Gasteiger partial charge in [0.2, 0.25) is 5.91 Å². The van der Waals surface area contributed by atoms with Crippen molar-refractivity contribution in [1.82, 2.24) is 9.80 Å². The van der Waals surface area contributed by atoms with Gasteiger partial charge in [-0.1, -0.05) is 80.6 Å². The monoisotopic (exact) mass is 374 g/mol. The van der Waals surface area contributed by atoms with Crippen molar-refractivity contribution in [3.8, 4) is 0 Å². The molecule has 0 radical (unpaired) electrons. The molecule has 1 fully saturated rings. The SMILES string of the molecule is CC(C)c1ccc(/C=C/C(=O)N2CCN(C/C=C/c3ccccc3)CC2)cc1. The van der Waals surface area contributed by atoms with Crippen molar-refractivity contribution in [1.29, 1.82) is 0 Å².